The van der Waals surface area contributed by atoms with Crippen molar-refractivity contribution in [1.29, 1.82) is 0 Å². The maximum Gasteiger partial charge on any atom is 0.344 e. The lowest BCUT2D eigenvalue weighted by Crippen LogP contribution is -2.15. The second-order valence-corrected chi connectivity index (χ2v) is 3.46. The Kier molecular flexibility index (Phi) is 4.90. The van der Waals surface area contributed by atoms with E-state index in [2.05, 4.69) is 4.74 Å². The SMILES string of the molecule is CCOC(=O)COc1ccc(C(C)O)cc1F. The molecule has 0 bridgehead atoms. The van der Waals surface area contributed by atoms with Gasteiger partial charge in [-0.05, 0) is 31.5 Å². The number of rotatable bonds is 5. The van der Waals surface area contributed by atoms with Crippen LogP contribution >= 0.6 is 0 Å². The summed E-state index contributed by atoms with van der Waals surface area (Å²) in [5.74, 6) is -1.21. The summed E-state index contributed by atoms with van der Waals surface area (Å²) in [6, 6.07) is 4.08. The zero-order valence-corrected chi connectivity index (χ0v) is 9.77. The lowest BCUT2D eigenvalue weighted by Gasteiger charge is -2.09. The molecule has 1 aromatic rings. The fourth-order valence-electron chi connectivity index (χ4n) is 1.23. The predicted molar refractivity (Wildman–Crippen MR) is 59.2 cm³/mol. The standard InChI is InChI=1S/C12H15FO4/c1-3-16-12(15)7-17-11-5-4-9(8(2)14)6-10(11)13/h4-6,8,14H,3,7H2,1-2H3. The van der Waals surface area contributed by atoms with Crippen molar-refractivity contribution < 1.29 is 23.8 Å². The minimum atomic E-state index is -0.747. The Hall–Kier alpha value is -1.62. The molecule has 4 nitrogen and oxygen atoms in total. The van der Waals surface area contributed by atoms with Crippen molar-refractivity contribution in [1.82, 2.24) is 0 Å². The third-order valence-electron chi connectivity index (χ3n) is 2.09. The summed E-state index contributed by atoms with van der Waals surface area (Å²) >= 11 is 0. The number of benzene rings is 1. The van der Waals surface area contributed by atoms with Crippen molar-refractivity contribution in [2.75, 3.05) is 13.2 Å². The van der Waals surface area contributed by atoms with Gasteiger partial charge < -0.3 is 14.6 Å². The number of aliphatic hydroxyl groups is 1. The van der Waals surface area contributed by atoms with Crippen LogP contribution in [0.1, 0.15) is 25.5 Å². The van der Waals surface area contributed by atoms with E-state index in [1.807, 2.05) is 0 Å². The summed E-state index contributed by atoms with van der Waals surface area (Å²) in [5.41, 5.74) is 0.450. The smallest absolute Gasteiger partial charge is 0.344 e. The Bertz CT molecular complexity index is 390. The number of halogens is 1. The molecule has 0 aliphatic carbocycles. The molecule has 0 spiro atoms. The molecule has 0 heterocycles. The third-order valence-corrected chi connectivity index (χ3v) is 2.09. The highest BCUT2D eigenvalue weighted by molar-refractivity contribution is 5.71. The number of carbonyl (C=O) groups is 1. The van der Waals surface area contributed by atoms with Crippen LogP contribution in [0.2, 0.25) is 0 Å². The third kappa shape index (κ3) is 4.03. The summed E-state index contributed by atoms with van der Waals surface area (Å²) < 4.78 is 23.1. The van der Waals surface area contributed by atoms with Crippen molar-refractivity contribution in [2.45, 2.75) is 20.0 Å². The van der Waals surface area contributed by atoms with Crippen molar-refractivity contribution in [2.24, 2.45) is 0 Å². The molecule has 94 valence electrons. The van der Waals surface area contributed by atoms with E-state index < -0.39 is 17.9 Å². The lowest BCUT2D eigenvalue weighted by molar-refractivity contribution is -0.145. The maximum absolute atomic E-state index is 13.5. The average molecular weight is 242 g/mol. The monoisotopic (exact) mass is 242 g/mol. The van der Waals surface area contributed by atoms with Gasteiger partial charge in [0.05, 0.1) is 12.7 Å². The van der Waals surface area contributed by atoms with E-state index in [9.17, 15) is 14.3 Å². The Morgan fingerprint density at radius 1 is 1.53 bits per heavy atom. The first kappa shape index (κ1) is 13.4. The molecule has 0 aromatic heterocycles. The van der Waals surface area contributed by atoms with Crippen molar-refractivity contribution in [3.8, 4) is 5.75 Å². The van der Waals surface area contributed by atoms with E-state index in [1.165, 1.54) is 25.1 Å². The molecule has 1 N–H and O–H groups in total. The first-order chi connectivity index (χ1) is 8.04. The highest BCUT2D eigenvalue weighted by atomic mass is 19.1. The molecule has 0 aliphatic rings. The summed E-state index contributed by atoms with van der Waals surface area (Å²) in [5, 5.41) is 9.25. The number of carbonyl (C=O) groups excluding carboxylic acids is 1. The second-order valence-electron chi connectivity index (χ2n) is 3.46. The molecule has 0 aliphatic heterocycles. The van der Waals surface area contributed by atoms with E-state index >= 15 is 0 Å². The summed E-state index contributed by atoms with van der Waals surface area (Å²) in [7, 11) is 0. The largest absolute Gasteiger partial charge is 0.479 e. The van der Waals surface area contributed by atoms with Gasteiger partial charge in [-0.25, -0.2) is 9.18 Å². The lowest BCUT2D eigenvalue weighted by atomic mass is 10.1. The van der Waals surface area contributed by atoms with Crippen LogP contribution in [0.25, 0.3) is 0 Å². The van der Waals surface area contributed by atoms with E-state index in [0.29, 0.717) is 5.56 Å². The molecule has 1 aromatic carbocycles. The van der Waals surface area contributed by atoms with Crippen LogP contribution in [0.4, 0.5) is 4.39 Å². The molecule has 1 unspecified atom stereocenters. The van der Waals surface area contributed by atoms with Gasteiger partial charge in [-0.3, -0.25) is 0 Å². The molecule has 17 heavy (non-hydrogen) atoms. The Morgan fingerprint density at radius 2 is 2.24 bits per heavy atom. The molecule has 0 radical (unpaired) electrons. The molecular formula is C12H15FO4. The fraction of sp³-hybridized carbons (Fsp3) is 0.417. The maximum atomic E-state index is 13.5. The van der Waals surface area contributed by atoms with Gasteiger partial charge in [0.15, 0.2) is 18.2 Å². The van der Waals surface area contributed by atoms with Crippen molar-refractivity contribution in [3.05, 3.63) is 29.6 Å². The van der Waals surface area contributed by atoms with Crippen molar-refractivity contribution >= 4 is 5.97 Å². The quantitative estimate of drug-likeness (QED) is 0.800. The summed E-state index contributed by atoms with van der Waals surface area (Å²) in [6.07, 6.45) is -0.747. The topological polar surface area (TPSA) is 55.8 Å². The van der Waals surface area contributed by atoms with E-state index in [-0.39, 0.29) is 19.0 Å². The number of ether oxygens (including phenoxy) is 2. The van der Waals surface area contributed by atoms with Crippen LogP contribution in [0.15, 0.2) is 18.2 Å². The number of hydrogen-bond donors (Lipinski definition) is 1. The minimum Gasteiger partial charge on any atom is -0.479 e. The van der Waals surface area contributed by atoms with Crippen LogP contribution in [-0.4, -0.2) is 24.3 Å². The molecule has 0 fully saturated rings. The van der Waals surface area contributed by atoms with Gasteiger partial charge in [-0.1, -0.05) is 6.07 Å². The fourth-order valence-corrected chi connectivity index (χ4v) is 1.23. The number of esters is 1. The number of hydrogen-bond acceptors (Lipinski definition) is 4. The van der Waals surface area contributed by atoms with Gasteiger partial charge in [0.1, 0.15) is 0 Å². The van der Waals surface area contributed by atoms with E-state index in [1.54, 1.807) is 6.92 Å². The Balaban J connectivity index is 2.63. The van der Waals surface area contributed by atoms with Crippen LogP contribution in [0, 0.1) is 5.82 Å². The van der Waals surface area contributed by atoms with Gasteiger partial charge in [0.2, 0.25) is 0 Å². The zero-order valence-electron chi connectivity index (χ0n) is 9.77. The van der Waals surface area contributed by atoms with E-state index in [0.717, 1.165) is 0 Å². The van der Waals surface area contributed by atoms with Gasteiger partial charge in [0, 0.05) is 0 Å². The molecule has 0 saturated carbocycles. The normalized spacial score (nSPS) is 12.0. The summed E-state index contributed by atoms with van der Waals surface area (Å²) in [4.78, 5) is 11.0. The van der Waals surface area contributed by atoms with Gasteiger partial charge in [-0.2, -0.15) is 0 Å². The van der Waals surface area contributed by atoms with E-state index in [4.69, 9.17) is 4.74 Å². The molecule has 1 atom stereocenters. The number of aliphatic hydroxyl groups excluding tert-OH is 1. The molecule has 0 saturated heterocycles. The highest BCUT2D eigenvalue weighted by Gasteiger charge is 2.10. The highest BCUT2D eigenvalue weighted by Crippen LogP contribution is 2.21. The molecule has 0 amide bonds. The average Bonchev–Trinajstić information content (AvgIpc) is 2.27. The second kappa shape index (κ2) is 6.20. The van der Waals surface area contributed by atoms with Crippen LogP contribution < -0.4 is 4.74 Å². The molecular weight excluding hydrogens is 227 g/mol. The Labute approximate surface area is 99.0 Å². The zero-order chi connectivity index (χ0) is 12.8. The summed E-state index contributed by atoms with van der Waals surface area (Å²) in [6.45, 7) is 3.13. The first-order valence-electron chi connectivity index (χ1n) is 5.30. The Morgan fingerprint density at radius 3 is 2.76 bits per heavy atom. The molecule has 5 heteroatoms. The van der Waals surface area contributed by atoms with Crippen LogP contribution in [0.5, 0.6) is 5.75 Å². The molecule has 1 rings (SSSR count). The minimum absolute atomic E-state index is 0.0394. The van der Waals surface area contributed by atoms with Crippen LogP contribution in [-0.2, 0) is 9.53 Å². The van der Waals surface area contributed by atoms with Crippen molar-refractivity contribution in [3.63, 3.8) is 0 Å². The van der Waals surface area contributed by atoms with Gasteiger partial charge in [-0.15, -0.1) is 0 Å². The van der Waals surface area contributed by atoms with Gasteiger partial charge >= 0.3 is 5.97 Å². The predicted octanol–water partition coefficient (Wildman–Crippen LogP) is 1.82. The van der Waals surface area contributed by atoms with Gasteiger partial charge in [0.25, 0.3) is 0 Å². The first-order valence-corrected chi connectivity index (χ1v) is 5.30. The van der Waals surface area contributed by atoms with Crippen LogP contribution in [0.3, 0.4) is 0 Å².